The molecule has 1 saturated heterocycles. The summed E-state index contributed by atoms with van der Waals surface area (Å²) in [4.78, 5) is 10.4. The second-order valence-corrected chi connectivity index (χ2v) is 9.03. The molecule has 0 bridgehead atoms. The van der Waals surface area contributed by atoms with Crippen molar-refractivity contribution in [1.29, 1.82) is 0 Å². The van der Waals surface area contributed by atoms with Crippen molar-refractivity contribution in [1.82, 2.24) is 19.5 Å². The van der Waals surface area contributed by atoms with Gasteiger partial charge in [-0.15, -0.1) is 5.10 Å². The SMILES string of the molecule is CCc1nc2sc(C(c3ccc(OC)cc3)N3CCN(c4ccccc4F)CC3)c(O)n2n1. The Kier molecular flexibility index (Phi) is 5.90. The molecule has 1 fully saturated rings. The molecular weight excluding hydrogens is 441 g/mol. The predicted octanol–water partition coefficient (Wildman–Crippen LogP) is 4.12. The highest BCUT2D eigenvalue weighted by atomic mass is 32.1. The lowest BCUT2D eigenvalue weighted by Gasteiger charge is -2.40. The summed E-state index contributed by atoms with van der Waals surface area (Å²) in [5.41, 5.74) is 1.68. The van der Waals surface area contributed by atoms with Crippen LogP contribution >= 0.6 is 11.3 Å². The number of piperazine rings is 1. The highest BCUT2D eigenvalue weighted by Crippen LogP contribution is 2.41. The standard InChI is InChI=1S/C24H26FN5O2S/c1-3-20-26-24-30(27-20)23(31)22(33-24)21(16-8-10-17(32-2)11-9-16)29-14-12-28(13-15-29)19-7-5-4-6-18(19)25/h4-11,21,31H,3,12-15H2,1-2H3. The number of thiazole rings is 1. The molecule has 0 spiro atoms. The highest BCUT2D eigenvalue weighted by Gasteiger charge is 2.32. The number of anilines is 1. The third kappa shape index (κ3) is 4.02. The van der Waals surface area contributed by atoms with Crippen molar-refractivity contribution in [2.75, 3.05) is 38.2 Å². The van der Waals surface area contributed by atoms with Gasteiger partial charge in [-0.2, -0.15) is 4.52 Å². The molecule has 3 heterocycles. The van der Waals surface area contributed by atoms with E-state index in [1.54, 1.807) is 13.2 Å². The number of aryl methyl sites for hydroxylation is 1. The monoisotopic (exact) mass is 467 g/mol. The van der Waals surface area contributed by atoms with E-state index in [1.807, 2.05) is 43.3 Å². The molecule has 0 amide bonds. The van der Waals surface area contributed by atoms with Crippen molar-refractivity contribution < 1.29 is 14.2 Å². The molecule has 33 heavy (non-hydrogen) atoms. The fourth-order valence-corrected chi connectivity index (χ4v) is 5.50. The molecule has 1 atom stereocenters. The Bertz CT molecular complexity index is 1250. The van der Waals surface area contributed by atoms with Crippen LogP contribution in [0.2, 0.25) is 0 Å². The molecule has 172 valence electrons. The fourth-order valence-electron chi connectivity index (χ4n) is 4.36. The number of aromatic nitrogens is 3. The normalized spacial score (nSPS) is 15.8. The topological polar surface area (TPSA) is 66.1 Å². The molecule has 5 rings (SSSR count). The summed E-state index contributed by atoms with van der Waals surface area (Å²) in [6, 6.07) is 14.6. The maximum absolute atomic E-state index is 14.3. The molecule has 9 heteroatoms. The van der Waals surface area contributed by atoms with Crippen LogP contribution in [0, 0.1) is 5.82 Å². The smallest absolute Gasteiger partial charge is 0.230 e. The number of nitrogens with zero attached hydrogens (tertiary/aromatic N) is 5. The van der Waals surface area contributed by atoms with E-state index in [0.29, 0.717) is 36.0 Å². The van der Waals surface area contributed by atoms with Crippen molar-refractivity contribution >= 4 is 22.0 Å². The first kappa shape index (κ1) is 21.7. The van der Waals surface area contributed by atoms with E-state index in [-0.39, 0.29) is 17.7 Å². The largest absolute Gasteiger partial charge is 0.497 e. The third-order valence-corrected chi connectivity index (χ3v) is 7.18. The third-order valence-electron chi connectivity index (χ3n) is 6.11. The van der Waals surface area contributed by atoms with Gasteiger partial charge >= 0.3 is 0 Å². The summed E-state index contributed by atoms with van der Waals surface area (Å²) in [5.74, 6) is 1.41. The molecule has 1 unspecified atom stereocenters. The van der Waals surface area contributed by atoms with Crippen molar-refractivity contribution in [3.8, 4) is 11.6 Å². The number of hydrogen-bond acceptors (Lipinski definition) is 7. The lowest BCUT2D eigenvalue weighted by molar-refractivity contribution is 0.210. The molecule has 7 nitrogen and oxygen atoms in total. The number of ether oxygens (including phenoxy) is 1. The van der Waals surface area contributed by atoms with Gasteiger partial charge in [-0.05, 0) is 29.8 Å². The van der Waals surface area contributed by atoms with Crippen molar-refractivity contribution in [3.63, 3.8) is 0 Å². The predicted molar refractivity (Wildman–Crippen MR) is 127 cm³/mol. The Morgan fingerprint density at radius 2 is 1.82 bits per heavy atom. The lowest BCUT2D eigenvalue weighted by Crippen LogP contribution is -2.48. The van der Waals surface area contributed by atoms with Crippen LogP contribution in [-0.4, -0.2) is 57.9 Å². The van der Waals surface area contributed by atoms with Crippen LogP contribution in [0.25, 0.3) is 4.96 Å². The molecule has 1 aliphatic rings. The maximum Gasteiger partial charge on any atom is 0.230 e. The summed E-state index contributed by atoms with van der Waals surface area (Å²) in [7, 11) is 1.64. The number of halogens is 1. The molecule has 2 aromatic carbocycles. The Morgan fingerprint density at radius 3 is 2.45 bits per heavy atom. The summed E-state index contributed by atoms with van der Waals surface area (Å²) < 4.78 is 21.2. The van der Waals surface area contributed by atoms with E-state index in [4.69, 9.17) is 4.74 Å². The van der Waals surface area contributed by atoms with E-state index in [1.165, 1.54) is 21.9 Å². The van der Waals surface area contributed by atoms with Crippen molar-refractivity contribution in [2.45, 2.75) is 19.4 Å². The first-order valence-electron chi connectivity index (χ1n) is 11.0. The highest BCUT2D eigenvalue weighted by molar-refractivity contribution is 7.17. The zero-order valence-corrected chi connectivity index (χ0v) is 19.4. The number of benzene rings is 2. The number of hydrogen-bond donors (Lipinski definition) is 1. The summed E-state index contributed by atoms with van der Waals surface area (Å²) >= 11 is 1.46. The zero-order chi connectivity index (χ0) is 22.9. The van der Waals surface area contributed by atoms with Gasteiger partial charge < -0.3 is 14.7 Å². The van der Waals surface area contributed by atoms with E-state index in [0.717, 1.165) is 29.3 Å². The molecular formula is C24H26FN5O2S. The fraction of sp³-hybridized carbons (Fsp3) is 0.333. The number of methoxy groups -OCH3 is 1. The Balaban J connectivity index is 1.48. The summed E-state index contributed by atoms with van der Waals surface area (Å²) in [6.07, 6.45) is 0.711. The minimum atomic E-state index is -0.201. The van der Waals surface area contributed by atoms with Gasteiger partial charge in [-0.25, -0.2) is 9.37 Å². The van der Waals surface area contributed by atoms with Gasteiger partial charge in [0.2, 0.25) is 10.8 Å². The second kappa shape index (κ2) is 8.99. The minimum absolute atomic E-state index is 0.125. The van der Waals surface area contributed by atoms with Crippen molar-refractivity contribution in [3.05, 3.63) is 70.6 Å². The van der Waals surface area contributed by atoms with Crippen LogP contribution in [0.5, 0.6) is 11.6 Å². The molecule has 1 N–H and O–H groups in total. The van der Waals surface area contributed by atoms with E-state index < -0.39 is 0 Å². The minimum Gasteiger partial charge on any atom is -0.497 e. The van der Waals surface area contributed by atoms with Crippen molar-refractivity contribution in [2.24, 2.45) is 0 Å². The average Bonchev–Trinajstić information content (AvgIpc) is 3.39. The Labute approximate surface area is 195 Å². The molecule has 4 aromatic rings. The zero-order valence-electron chi connectivity index (χ0n) is 18.6. The van der Waals surface area contributed by atoms with Gasteiger partial charge in [0.1, 0.15) is 11.6 Å². The van der Waals surface area contributed by atoms with Gasteiger partial charge in [0.15, 0.2) is 5.82 Å². The quantitative estimate of drug-likeness (QED) is 0.460. The first-order chi connectivity index (χ1) is 16.1. The summed E-state index contributed by atoms with van der Waals surface area (Å²) in [6.45, 7) is 4.81. The number of fused-ring (bicyclic) bond motifs is 1. The van der Waals surface area contributed by atoms with E-state index >= 15 is 0 Å². The number of para-hydroxylation sites is 1. The number of rotatable bonds is 6. The van der Waals surface area contributed by atoms with Gasteiger partial charge in [0.25, 0.3) is 0 Å². The van der Waals surface area contributed by atoms with Crippen LogP contribution in [-0.2, 0) is 6.42 Å². The first-order valence-corrected chi connectivity index (χ1v) is 11.9. The van der Waals surface area contributed by atoms with Gasteiger partial charge in [-0.1, -0.05) is 42.5 Å². The van der Waals surface area contributed by atoms with Gasteiger partial charge in [0, 0.05) is 32.6 Å². The van der Waals surface area contributed by atoms with Gasteiger partial charge in [-0.3, -0.25) is 4.90 Å². The average molecular weight is 468 g/mol. The van der Waals surface area contributed by atoms with Crippen LogP contribution in [0.3, 0.4) is 0 Å². The molecule has 2 aromatic heterocycles. The molecule has 0 radical (unpaired) electrons. The second-order valence-electron chi connectivity index (χ2n) is 8.02. The van der Waals surface area contributed by atoms with Crippen LogP contribution < -0.4 is 9.64 Å². The Morgan fingerprint density at radius 1 is 1.09 bits per heavy atom. The van der Waals surface area contributed by atoms with Crippen LogP contribution in [0.1, 0.15) is 29.2 Å². The van der Waals surface area contributed by atoms with E-state index in [9.17, 15) is 9.50 Å². The Hall–Kier alpha value is -3.17. The van der Waals surface area contributed by atoms with E-state index in [2.05, 4.69) is 19.9 Å². The van der Waals surface area contributed by atoms with Crippen LogP contribution in [0.15, 0.2) is 48.5 Å². The molecule has 1 aliphatic heterocycles. The molecule has 0 aliphatic carbocycles. The lowest BCUT2D eigenvalue weighted by atomic mass is 10.0. The summed E-state index contributed by atoms with van der Waals surface area (Å²) in [5, 5.41) is 15.5. The van der Waals surface area contributed by atoms with Gasteiger partial charge in [0.05, 0.1) is 23.7 Å². The number of aromatic hydroxyl groups is 1. The molecule has 0 saturated carbocycles. The van der Waals surface area contributed by atoms with Crippen LogP contribution in [0.4, 0.5) is 10.1 Å². The maximum atomic E-state index is 14.3.